The van der Waals surface area contributed by atoms with Crippen LogP contribution in [0.3, 0.4) is 0 Å². The molecule has 0 amide bonds. The van der Waals surface area contributed by atoms with Crippen LogP contribution in [0.5, 0.6) is 5.75 Å². The highest BCUT2D eigenvalue weighted by Gasteiger charge is 2.12. The summed E-state index contributed by atoms with van der Waals surface area (Å²) in [6, 6.07) is 13.0. The molecule has 2 rings (SSSR count). The maximum atomic E-state index is 14.0. The summed E-state index contributed by atoms with van der Waals surface area (Å²) >= 11 is 3.29. The number of nitrogens with two attached hydrogens (primary N) is 1. The molecule has 0 aliphatic carbocycles. The maximum absolute atomic E-state index is 14.0. The molecule has 0 heterocycles. The Balaban J connectivity index is 2.47. The van der Waals surface area contributed by atoms with E-state index in [9.17, 15) is 4.39 Å². The van der Waals surface area contributed by atoms with Crippen molar-refractivity contribution in [2.45, 2.75) is 11.8 Å². The normalized spacial score (nSPS) is 12.0. The lowest BCUT2D eigenvalue weighted by atomic mass is 10.1. The Morgan fingerprint density at radius 2 is 1.78 bits per heavy atom. The topological polar surface area (TPSA) is 35.2 Å². The molecule has 0 spiro atoms. The summed E-state index contributed by atoms with van der Waals surface area (Å²) in [5.41, 5.74) is 8.73. The van der Waals surface area contributed by atoms with Crippen LogP contribution in [0.4, 0.5) is 4.39 Å². The molecule has 2 N–H and O–H groups in total. The van der Waals surface area contributed by atoms with E-state index >= 15 is 0 Å². The van der Waals surface area contributed by atoms with Gasteiger partial charge in [0, 0.05) is 9.80 Å². The van der Waals surface area contributed by atoms with Gasteiger partial charge in [0.1, 0.15) is 0 Å². The minimum atomic E-state index is -0.385. The highest BCUT2D eigenvalue weighted by atomic mass is 32.2. The monoisotopic (exact) mass is 349 g/mol. The minimum absolute atomic E-state index is 0.234. The second-order valence-corrected chi connectivity index (χ2v) is 6.91. The summed E-state index contributed by atoms with van der Waals surface area (Å²) in [5.74, 6) is 0.703. The number of thioether (sulfide) groups is 2. The minimum Gasteiger partial charge on any atom is -0.494 e. The lowest BCUT2D eigenvalue weighted by molar-refractivity contribution is 0.386. The van der Waals surface area contributed by atoms with Crippen molar-refractivity contribution < 1.29 is 9.13 Å². The molecule has 5 heteroatoms. The fourth-order valence-corrected chi connectivity index (χ4v) is 3.43. The zero-order valence-corrected chi connectivity index (χ0v) is 15.1. The van der Waals surface area contributed by atoms with Gasteiger partial charge in [-0.2, -0.15) is 0 Å². The van der Waals surface area contributed by atoms with Crippen LogP contribution >= 0.6 is 23.5 Å². The van der Waals surface area contributed by atoms with E-state index in [1.807, 2.05) is 36.6 Å². The predicted octanol–water partition coefficient (Wildman–Crippen LogP) is 5.09. The molecule has 0 saturated carbocycles. The van der Waals surface area contributed by atoms with Crippen LogP contribution in [0.2, 0.25) is 0 Å². The van der Waals surface area contributed by atoms with E-state index in [4.69, 9.17) is 10.5 Å². The van der Waals surface area contributed by atoms with Crippen LogP contribution in [0.25, 0.3) is 10.6 Å². The van der Waals surface area contributed by atoms with Crippen molar-refractivity contribution in [1.29, 1.82) is 0 Å². The average molecular weight is 349 g/mol. The Hall–Kier alpha value is -1.59. The van der Waals surface area contributed by atoms with Gasteiger partial charge in [-0.3, -0.25) is 0 Å². The summed E-state index contributed by atoms with van der Waals surface area (Å²) in [5, 5.41) is 0. The fraction of sp³-hybridized carbons (Fsp3) is 0.222. The molecule has 122 valence electrons. The highest BCUT2D eigenvalue weighted by molar-refractivity contribution is 8.08. The van der Waals surface area contributed by atoms with Gasteiger partial charge in [-0.1, -0.05) is 19.1 Å². The van der Waals surface area contributed by atoms with Gasteiger partial charge >= 0.3 is 0 Å². The molecule has 0 fully saturated rings. The first-order valence-corrected chi connectivity index (χ1v) is 9.42. The number of hydrogen-bond donors (Lipinski definition) is 1. The summed E-state index contributed by atoms with van der Waals surface area (Å²) < 4.78 is 19.0. The Kier molecular flexibility index (Phi) is 6.42. The molecule has 0 radical (unpaired) electrons. The number of halogens is 1. The molecule has 0 aliphatic heterocycles. The van der Waals surface area contributed by atoms with E-state index < -0.39 is 0 Å². The summed E-state index contributed by atoms with van der Waals surface area (Å²) in [6.45, 7) is 2.05. The van der Waals surface area contributed by atoms with Gasteiger partial charge in [0.05, 0.1) is 12.8 Å². The van der Waals surface area contributed by atoms with Gasteiger partial charge in [-0.05, 0) is 53.5 Å². The summed E-state index contributed by atoms with van der Waals surface area (Å²) in [7, 11) is 1.46. The van der Waals surface area contributed by atoms with Crippen molar-refractivity contribution in [2.75, 3.05) is 19.1 Å². The number of methoxy groups -OCH3 is 1. The van der Waals surface area contributed by atoms with E-state index in [2.05, 4.69) is 6.92 Å². The van der Waals surface area contributed by atoms with E-state index in [0.29, 0.717) is 5.70 Å². The van der Waals surface area contributed by atoms with E-state index in [0.717, 1.165) is 21.8 Å². The maximum Gasteiger partial charge on any atom is 0.165 e. The first kappa shape index (κ1) is 17.8. The Morgan fingerprint density at radius 3 is 2.30 bits per heavy atom. The third-order valence-electron chi connectivity index (χ3n) is 3.35. The van der Waals surface area contributed by atoms with Gasteiger partial charge in [0.25, 0.3) is 0 Å². The largest absolute Gasteiger partial charge is 0.494 e. The Bertz CT molecular complexity index is 699. The summed E-state index contributed by atoms with van der Waals surface area (Å²) in [6.07, 6.45) is 2.03. The SMILES string of the molecule is CCS/C(=C(\N)c1ccc(SC)cc1)c1ccc(OC)c(F)c1. The second-order valence-electron chi connectivity index (χ2n) is 4.75. The van der Waals surface area contributed by atoms with Gasteiger partial charge in [0.15, 0.2) is 11.6 Å². The number of ether oxygens (including phenoxy) is 1. The Labute approximate surface area is 145 Å². The quantitative estimate of drug-likeness (QED) is 0.582. The molecule has 0 atom stereocenters. The smallest absolute Gasteiger partial charge is 0.165 e. The lowest BCUT2D eigenvalue weighted by Crippen LogP contribution is -2.01. The van der Waals surface area contributed by atoms with Crippen molar-refractivity contribution in [3.63, 3.8) is 0 Å². The molecule has 0 unspecified atom stereocenters. The van der Waals surface area contributed by atoms with E-state index in [1.165, 1.54) is 18.1 Å². The van der Waals surface area contributed by atoms with Gasteiger partial charge < -0.3 is 10.5 Å². The van der Waals surface area contributed by atoms with Crippen molar-refractivity contribution in [1.82, 2.24) is 0 Å². The molecule has 0 aliphatic rings. The summed E-state index contributed by atoms with van der Waals surface area (Å²) in [4.78, 5) is 2.06. The number of benzene rings is 2. The van der Waals surface area contributed by atoms with Crippen LogP contribution in [0, 0.1) is 5.82 Å². The first-order valence-electron chi connectivity index (χ1n) is 7.21. The van der Waals surface area contributed by atoms with Gasteiger partial charge in [-0.15, -0.1) is 23.5 Å². The molecule has 0 saturated heterocycles. The fourth-order valence-electron chi connectivity index (χ4n) is 2.17. The molecular weight excluding hydrogens is 329 g/mol. The Morgan fingerprint density at radius 1 is 1.13 bits per heavy atom. The van der Waals surface area contributed by atoms with Crippen LogP contribution in [0.15, 0.2) is 47.4 Å². The highest BCUT2D eigenvalue weighted by Crippen LogP contribution is 2.35. The average Bonchev–Trinajstić information content (AvgIpc) is 2.59. The molecule has 0 aromatic heterocycles. The third-order valence-corrected chi connectivity index (χ3v) is 5.12. The number of rotatable bonds is 6. The lowest BCUT2D eigenvalue weighted by Gasteiger charge is -2.13. The van der Waals surface area contributed by atoms with E-state index in [-0.39, 0.29) is 11.6 Å². The third kappa shape index (κ3) is 4.24. The van der Waals surface area contributed by atoms with Gasteiger partial charge in [-0.25, -0.2) is 4.39 Å². The molecule has 2 aromatic carbocycles. The molecule has 0 bridgehead atoms. The molecule has 23 heavy (non-hydrogen) atoms. The van der Waals surface area contributed by atoms with Crippen LogP contribution in [-0.2, 0) is 0 Å². The van der Waals surface area contributed by atoms with Crippen molar-refractivity contribution >= 4 is 34.1 Å². The second kappa shape index (κ2) is 8.31. The zero-order chi connectivity index (χ0) is 16.8. The standard InChI is InChI=1S/C18H20FNOS2/c1-4-23-18(13-7-10-16(21-2)15(19)11-13)17(20)12-5-8-14(22-3)9-6-12/h5-11H,4,20H2,1-3H3/b18-17-. The molecule has 2 nitrogen and oxygen atoms in total. The zero-order valence-electron chi connectivity index (χ0n) is 13.4. The van der Waals surface area contributed by atoms with Crippen molar-refractivity contribution in [3.05, 3.63) is 59.4 Å². The number of hydrogen-bond acceptors (Lipinski definition) is 4. The van der Waals surface area contributed by atoms with E-state index in [1.54, 1.807) is 29.6 Å². The van der Waals surface area contributed by atoms with Crippen molar-refractivity contribution in [2.24, 2.45) is 5.73 Å². The van der Waals surface area contributed by atoms with Crippen LogP contribution in [0.1, 0.15) is 18.1 Å². The molecular formula is C18H20FNOS2. The van der Waals surface area contributed by atoms with Crippen LogP contribution in [-0.4, -0.2) is 19.1 Å². The predicted molar refractivity (Wildman–Crippen MR) is 100 cm³/mol. The molecule has 2 aromatic rings. The van der Waals surface area contributed by atoms with Gasteiger partial charge in [0.2, 0.25) is 0 Å². The first-order chi connectivity index (χ1) is 11.1. The van der Waals surface area contributed by atoms with Crippen molar-refractivity contribution in [3.8, 4) is 5.75 Å². The van der Waals surface area contributed by atoms with Crippen LogP contribution < -0.4 is 10.5 Å².